The molecule has 3 saturated carbocycles. The predicted molar refractivity (Wildman–Crippen MR) is 100 cm³/mol. The van der Waals surface area contributed by atoms with E-state index in [4.69, 9.17) is 11.6 Å². The Morgan fingerprint density at radius 3 is 2.67 bits per heavy atom. The molecule has 24 heavy (non-hydrogen) atoms. The third-order valence-corrected chi connectivity index (χ3v) is 9.20. The lowest BCUT2D eigenvalue weighted by Crippen LogP contribution is -2.50. The molecule has 4 rings (SSSR count). The molecule has 0 heterocycles. The Hall–Kier alpha value is -0.300. The van der Waals surface area contributed by atoms with Crippen molar-refractivity contribution in [2.24, 2.45) is 40.4 Å². The van der Waals surface area contributed by atoms with Crippen LogP contribution in [0.5, 0.6) is 0 Å². The molecule has 0 spiro atoms. The van der Waals surface area contributed by atoms with Crippen LogP contribution >= 0.6 is 11.6 Å². The van der Waals surface area contributed by atoms with Crippen molar-refractivity contribution in [1.82, 2.24) is 0 Å². The van der Waals surface area contributed by atoms with Crippen LogP contribution in [0, 0.1) is 40.4 Å². The molecular weight excluding hydrogens is 316 g/mol. The molecule has 4 aliphatic rings. The second kappa shape index (κ2) is 5.60. The van der Waals surface area contributed by atoms with Crippen LogP contribution in [0.2, 0.25) is 0 Å². The third kappa shape index (κ3) is 2.22. The summed E-state index contributed by atoms with van der Waals surface area (Å²) < 4.78 is 0. The maximum absolute atomic E-state index is 12.4. The van der Waals surface area contributed by atoms with Crippen molar-refractivity contribution in [2.45, 2.75) is 78.0 Å². The molecule has 2 heteroatoms. The predicted octanol–water partition coefficient (Wildman–Crippen LogP) is 6.01. The van der Waals surface area contributed by atoms with Gasteiger partial charge in [-0.15, -0.1) is 11.6 Å². The van der Waals surface area contributed by atoms with E-state index in [0.717, 1.165) is 24.2 Å². The van der Waals surface area contributed by atoms with Gasteiger partial charge in [0.2, 0.25) is 0 Å². The minimum atomic E-state index is 0.248. The SMILES string of the molecule is CC(=O)[C@@H]1[C@@H](C)C[C@H]2[C@@H]3CC=C4C[C@@H](Cl)CC[C@]4(C)[C@H]3CC[C@]12C. The van der Waals surface area contributed by atoms with E-state index in [2.05, 4.69) is 26.8 Å². The molecule has 0 aromatic heterocycles. The van der Waals surface area contributed by atoms with Gasteiger partial charge in [-0.3, -0.25) is 4.79 Å². The van der Waals surface area contributed by atoms with Gasteiger partial charge in [0.1, 0.15) is 5.78 Å². The molecule has 0 aliphatic heterocycles. The van der Waals surface area contributed by atoms with Gasteiger partial charge in [-0.1, -0.05) is 32.4 Å². The number of allylic oxidation sites excluding steroid dienone is 2. The Kier molecular flexibility index (Phi) is 4.00. The number of ketones is 1. The summed E-state index contributed by atoms with van der Waals surface area (Å²) in [6.45, 7) is 9.14. The number of hydrogen-bond acceptors (Lipinski definition) is 1. The second-order valence-electron chi connectivity index (χ2n) is 9.95. The Morgan fingerprint density at radius 2 is 1.96 bits per heavy atom. The van der Waals surface area contributed by atoms with E-state index in [1.165, 1.54) is 38.5 Å². The van der Waals surface area contributed by atoms with Crippen LogP contribution in [-0.4, -0.2) is 11.2 Å². The van der Waals surface area contributed by atoms with Gasteiger partial charge in [-0.25, -0.2) is 0 Å². The molecule has 0 amide bonds. The van der Waals surface area contributed by atoms with Gasteiger partial charge < -0.3 is 0 Å². The summed E-state index contributed by atoms with van der Waals surface area (Å²) in [6.07, 6.45) is 11.2. The van der Waals surface area contributed by atoms with Crippen molar-refractivity contribution in [3.63, 3.8) is 0 Å². The van der Waals surface area contributed by atoms with Crippen LogP contribution in [-0.2, 0) is 4.79 Å². The van der Waals surface area contributed by atoms with Gasteiger partial charge in [0.15, 0.2) is 0 Å². The monoisotopic (exact) mass is 348 g/mol. The molecule has 0 saturated heterocycles. The average Bonchev–Trinajstić information content (AvgIpc) is 2.78. The van der Waals surface area contributed by atoms with E-state index in [1.807, 2.05) is 6.92 Å². The van der Waals surface area contributed by atoms with E-state index in [1.54, 1.807) is 5.57 Å². The fourth-order valence-electron chi connectivity index (χ4n) is 7.85. The van der Waals surface area contributed by atoms with Crippen LogP contribution in [0.25, 0.3) is 0 Å². The summed E-state index contributed by atoms with van der Waals surface area (Å²) >= 11 is 6.48. The molecular formula is C22H33ClO. The Bertz CT molecular complexity index is 581. The summed E-state index contributed by atoms with van der Waals surface area (Å²) in [5.41, 5.74) is 2.29. The number of fused-ring (bicyclic) bond motifs is 5. The summed E-state index contributed by atoms with van der Waals surface area (Å²) in [4.78, 5) is 12.4. The number of rotatable bonds is 1. The minimum Gasteiger partial charge on any atom is -0.300 e. The van der Waals surface area contributed by atoms with Gasteiger partial charge >= 0.3 is 0 Å². The van der Waals surface area contributed by atoms with Gasteiger partial charge in [-0.05, 0) is 86.4 Å². The first-order valence-corrected chi connectivity index (χ1v) is 10.5. The van der Waals surface area contributed by atoms with Crippen molar-refractivity contribution in [1.29, 1.82) is 0 Å². The number of alkyl halides is 1. The van der Waals surface area contributed by atoms with Gasteiger partial charge in [0, 0.05) is 11.3 Å². The van der Waals surface area contributed by atoms with Gasteiger partial charge in [0.25, 0.3) is 0 Å². The summed E-state index contributed by atoms with van der Waals surface area (Å²) in [6, 6.07) is 0. The van der Waals surface area contributed by atoms with Gasteiger partial charge in [0.05, 0.1) is 0 Å². The van der Waals surface area contributed by atoms with Crippen molar-refractivity contribution in [3.8, 4) is 0 Å². The fraction of sp³-hybridized carbons (Fsp3) is 0.864. The van der Waals surface area contributed by atoms with Crippen molar-refractivity contribution >= 4 is 17.4 Å². The molecule has 0 unspecified atom stereocenters. The standard InChI is InChI=1S/C22H33ClO/c1-13-11-19-17-6-5-15-12-16(23)7-9-21(15,3)18(17)8-10-22(19,4)20(13)14(2)24/h5,13,16-20H,6-12H2,1-4H3/t13-,16-,17+,18-,19-,20-,21-,22-/m0/s1. The fourth-order valence-corrected chi connectivity index (χ4v) is 8.12. The molecule has 0 bridgehead atoms. The molecule has 134 valence electrons. The van der Waals surface area contributed by atoms with E-state index in [-0.39, 0.29) is 5.41 Å². The first kappa shape index (κ1) is 17.1. The number of hydrogen-bond donors (Lipinski definition) is 0. The number of halogens is 1. The lowest BCUT2D eigenvalue weighted by Gasteiger charge is -2.57. The maximum Gasteiger partial charge on any atom is 0.133 e. The second-order valence-corrected chi connectivity index (χ2v) is 10.6. The van der Waals surface area contributed by atoms with E-state index in [0.29, 0.717) is 28.4 Å². The molecule has 4 aliphatic carbocycles. The molecule has 1 nitrogen and oxygen atoms in total. The Morgan fingerprint density at radius 1 is 1.21 bits per heavy atom. The molecule has 0 radical (unpaired) electrons. The molecule has 3 fully saturated rings. The highest BCUT2D eigenvalue weighted by Gasteiger charge is 2.61. The smallest absolute Gasteiger partial charge is 0.133 e. The van der Waals surface area contributed by atoms with Crippen molar-refractivity contribution < 1.29 is 4.79 Å². The average molecular weight is 349 g/mol. The van der Waals surface area contributed by atoms with E-state index >= 15 is 0 Å². The van der Waals surface area contributed by atoms with Gasteiger partial charge in [-0.2, -0.15) is 0 Å². The third-order valence-electron chi connectivity index (χ3n) is 8.82. The topological polar surface area (TPSA) is 17.1 Å². The lowest BCUT2D eigenvalue weighted by atomic mass is 9.47. The first-order valence-electron chi connectivity index (χ1n) is 10.1. The summed E-state index contributed by atoms with van der Waals surface area (Å²) in [5, 5.41) is 0.350. The zero-order chi connectivity index (χ0) is 17.3. The number of Topliss-reactive ketones (excluding diaryl/α,β-unsaturated/α-hetero) is 1. The minimum absolute atomic E-state index is 0.248. The maximum atomic E-state index is 12.4. The highest BCUT2D eigenvalue weighted by Crippen LogP contribution is 2.67. The van der Waals surface area contributed by atoms with E-state index < -0.39 is 0 Å². The largest absolute Gasteiger partial charge is 0.300 e. The zero-order valence-electron chi connectivity index (χ0n) is 15.8. The number of carbonyl (C=O) groups is 1. The van der Waals surface area contributed by atoms with Crippen LogP contribution in [0.1, 0.15) is 72.6 Å². The van der Waals surface area contributed by atoms with Crippen molar-refractivity contribution in [3.05, 3.63) is 11.6 Å². The van der Waals surface area contributed by atoms with E-state index in [9.17, 15) is 4.79 Å². The van der Waals surface area contributed by atoms with Crippen LogP contribution < -0.4 is 0 Å². The highest BCUT2D eigenvalue weighted by molar-refractivity contribution is 6.20. The molecule has 0 N–H and O–H groups in total. The Labute approximate surface area is 152 Å². The molecule has 0 aromatic carbocycles. The number of carbonyl (C=O) groups excluding carboxylic acids is 1. The molecule has 0 aromatic rings. The van der Waals surface area contributed by atoms with Crippen LogP contribution in [0.15, 0.2) is 11.6 Å². The summed E-state index contributed by atoms with van der Waals surface area (Å²) in [7, 11) is 0. The first-order chi connectivity index (χ1) is 11.3. The van der Waals surface area contributed by atoms with Crippen molar-refractivity contribution in [2.75, 3.05) is 0 Å². The zero-order valence-corrected chi connectivity index (χ0v) is 16.5. The summed E-state index contributed by atoms with van der Waals surface area (Å²) in [5.74, 6) is 3.64. The molecule has 8 atom stereocenters. The Balaban J connectivity index is 1.68. The lowest BCUT2D eigenvalue weighted by molar-refractivity contribution is -0.128. The highest BCUT2D eigenvalue weighted by atomic mass is 35.5. The van der Waals surface area contributed by atoms with Crippen LogP contribution in [0.4, 0.5) is 0 Å². The normalized spacial score (nSPS) is 53.6. The quantitative estimate of drug-likeness (QED) is 0.419. The van der Waals surface area contributed by atoms with Crippen LogP contribution in [0.3, 0.4) is 0 Å².